The van der Waals surface area contributed by atoms with Gasteiger partial charge in [0.1, 0.15) is 0 Å². The van der Waals surface area contributed by atoms with Gasteiger partial charge in [-0.25, -0.2) is 0 Å². The molecule has 0 amide bonds. The highest BCUT2D eigenvalue weighted by molar-refractivity contribution is 5.28. The predicted molar refractivity (Wildman–Crippen MR) is 439 cm³/mol. The van der Waals surface area contributed by atoms with Crippen LogP contribution in [0, 0.1) is 11.8 Å². The van der Waals surface area contributed by atoms with Crippen LogP contribution in [0.1, 0.15) is 398 Å². The fourth-order valence-corrected chi connectivity index (χ4v) is 15.1. The molecule has 0 unspecified atom stereocenters. The average molecular weight is 1350 g/mol. The van der Waals surface area contributed by atoms with Crippen molar-refractivity contribution in [3.05, 3.63) is 213 Å². The molecule has 2 aliphatic rings. The minimum atomic E-state index is 0.630. The van der Waals surface area contributed by atoms with Gasteiger partial charge in [-0.3, -0.25) is 0 Å². The number of aryl methyl sites for hydroxylation is 5. The number of unbranched alkanes of at least 4 members (excludes halogenated alkanes) is 26. The van der Waals surface area contributed by atoms with Gasteiger partial charge in [0.05, 0.1) is 6.61 Å². The molecule has 1 heteroatoms. The molecule has 0 aromatic heterocycles. The topological polar surface area (TPSA) is 9.23 Å². The summed E-state index contributed by atoms with van der Waals surface area (Å²) in [6, 6.07) is 58.3. The molecule has 6 aromatic rings. The molecule has 550 valence electrons. The summed E-state index contributed by atoms with van der Waals surface area (Å²) in [5.41, 5.74) is 14.6. The van der Waals surface area contributed by atoms with Crippen LogP contribution in [0.25, 0.3) is 0 Å². The molecule has 2 saturated carbocycles. The highest BCUT2D eigenvalue weighted by atomic mass is 16.5. The van der Waals surface area contributed by atoms with Crippen molar-refractivity contribution in [1.82, 2.24) is 0 Å². The summed E-state index contributed by atoms with van der Waals surface area (Å²) in [5.74, 6) is 4.75. The van der Waals surface area contributed by atoms with Crippen LogP contribution in [-0.4, -0.2) is 6.61 Å². The molecule has 0 N–H and O–H groups in total. The largest absolute Gasteiger partial charge is 0.377 e. The Morgan fingerprint density at radius 1 is 0.232 bits per heavy atom. The Labute approximate surface area is 613 Å². The van der Waals surface area contributed by atoms with E-state index in [1.165, 1.54) is 351 Å². The van der Waals surface area contributed by atoms with E-state index < -0.39 is 0 Å². The van der Waals surface area contributed by atoms with Gasteiger partial charge < -0.3 is 4.74 Å². The Hall–Kier alpha value is -4.72. The third-order valence-corrected chi connectivity index (χ3v) is 22.1. The fraction of sp³-hybridized carbons (Fsp3) is 0.633. The minimum Gasteiger partial charge on any atom is -0.377 e. The average Bonchev–Trinajstić information content (AvgIpc) is 2.21. The Balaban J connectivity index is 0.000000238. The number of ether oxygens (including phenoxy) is 1. The van der Waals surface area contributed by atoms with Gasteiger partial charge in [0.25, 0.3) is 0 Å². The molecule has 1 nitrogen and oxygen atoms in total. The maximum absolute atomic E-state index is 5.73. The van der Waals surface area contributed by atoms with Gasteiger partial charge in [-0.05, 0) is 162 Å². The molecule has 0 heterocycles. The summed E-state index contributed by atoms with van der Waals surface area (Å²) in [5, 5.41) is 0. The van der Waals surface area contributed by atoms with Gasteiger partial charge in [-0.1, -0.05) is 438 Å². The van der Waals surface area contributed by atoms with E-state index in [4.69, 9.17) is 4.74 Å². The molecule has 2 fully saturated rings. The molecule has 6 aromatic carbocycles. The van der Waals surface area contributed by atoms with Gasteiger partial charge in [-0.15, -0.1) is 0 Å². The lowest BCUT2D eigenvalue weighted by molar-refractivity contribution is 0.116. The van der Waals surface area contributed by atoms with E-state index in [0.717, 1.165) is 25.0 Å². The Kier molecular flexibility index (Phi) is 48.7. The molecule has 0 bridgehead atoms. The summed E-state index contributed by atoms with van der Waals surface area (Å²) in [6.45, 7) is 19.7. The van der Waals surface area contributed by atoms with E-state index in [9.17, 15) is 0 Å². The molecule has 0 radical (unpaired) electrons. The summed E-state index contributed by atoms with van der Waals surface area (Å²) in [6.07, 6.45) is 65.0. The van der Waals surface area contributed by atoms with Crippen LogP contribution in [-0.2, 0) is 43.4 Å². The molecule has 2 aliphatic carbocycles. The summed E-state index contributed by atoms with van der Waals surface area (Å²) in [7, 11) is 0. The molecule has 0 spiro atoms. The highest BCUT2D eigenvalue weighted by Gasteiger charge is 2.15. The van der Waals surface area contributed by atoms with Crippen LogP contribution in [0.2, 0.25) is 0 Å². The first-order valence-electron chi connectivity index (χ1n) is 42.5. The van der Waals surface area contributed by atoms with Gasteiger partial charge in [0.15, 0.2) is 0 Å². The van der Waals surface area contributed by atoms with Crippen molar-refractivity contribution in [2.45, 2.75) is 381 Å². The molecule has 0 atom stereocenters. The second-order valence-corrected chi connectivity index (χ2v) is 32.2. The van der Waals surface area contributed by atoms with Gasteiger partial charge in [-0.2, -0.15) is 0 Å². The quantitative estimate of drug-likeness (QED) is 0.0346. The third kappa shape index (κ3) is 43.1. The molecule has 0 aliphatic heterocycles. The van der Waals surface area contributed by atoms with E-state index >= 15 is 0 Å². The zero-order valence-electron chi connectivity index (χ0n) is 65.8. The number of rotatable bonds is 48. The van der Waals surface area contributed by atoms with Crippen molar-refractivity contribution >= 4 is 0 Å². The fourth-order valence-electron chi connectivity index (χ4n) is 15.1. The SMILES string of the molecule is CC(C)c1ccc(CCCCCCCCCCC2CCCC2)cc1.CC(C)c1ccc(CCCCCCCCCCC2CCCCC2)cc1.CC(C)c1ccc(CCCCCCCCCCc2ccccc2)cc1.CC(C)c1ccc(CCCCCCCCOCc2ccccc2)cc1. The third-order valence-electron chi connectivity index (χ3n) is 22.1. The lowest BCUT2D eigenvalue weighted by Gasteiger charge is -2.21. The van der Waals surface area contributed by atoms with Crippen LogP contribution in [0.5, 0.6) is 0 Å². The van der Waals surface area contributed by atoms with Crippen LogP contribution in [0.3, 0.4) is 0 Å². The summed E-state index contributed by atoms with van der Waals surface area (Å²) >= 11 is 0. The zero-order chi connectivity index (χ0) is 70.3. The normalized spacial score (nSPS) is 13.4. The first-order valence-corrected chi connectivity index (χ1v) is 42.5. The van der Waals surface area contributed by atoms with Crippen molar-refractivity contribution in [2.75, 3.05) is 6.61 Å². The summed E-state index contributed by atoms with van der Waals surface area (Å²) < 4.78 is 5.73. The Morgan fingerprint density at radius 2 is 0.455 bits per heavy atom. The number of hydrogen-bond acceptors (Lipinski definition) is 1. The minimum absolute atomic E-state index is 0.630. The van der Waals surface area contributed by atoms with Crippen molar-refractivity contribution in [3.8, 4) is 0 Å². The number of benzene rings is 6. The second kappa shape index (κ2) is 56.8. The van der Waals surface area contributed by atoms with Crippen molar-refractivity contribution in [1.29, 1.82) is 0 Å². The molecule has 8 rings (SSSR count). The van der Waals surface area contributed by atoms with E-state index in [1.807, 2.05) is 6.07 Å². The zero-order valence-corrected chi connectivity index (χ0v) is 65.8. The van der Waals surface area contributed by atoms with Crippen LogP contribution >= 0.6 is 0 Å². The lowest BCUT2D eigenvalue weighted by atomic mass is 9.85. The van der Waals surface area contributed by atoms with E-state index in [0.29, 0.717) is 23.7 Å². The van der Waals surface area contributed by atoms with E-state index in [1.54, 1.807) is 0 Å². The number of hydrogen-bond donors (Lipinski definition) is 0. The first kappa shape index (κ1) is 84.9. The molecular weight excluding hydrogens is 1190 g/mol. The molecular formula is C98H152O. The predicted octanol–water partition coefficient (Wildman–Crippen LogP) is 31.1. The second-order valence-electron chi connectivity index (χ2n) is 32.2. The van der Waals surface area contributed by atoms with Crippen molar-refractivity contribution in [2.24, 2.45) is 11.8 Å². The van der Waals surface area contributed by atoms with Gasteiger partial charge >= 0.3 is 0 Å². The van der Waals surface area contributed by atoms with Crippen LogP contribution in [0.15, 0.2) is 158 Å². The van der Waals surface area contributed by atoms with Gasteiger partial charge in [0, 0.05) is 6.61 Å². The van der Waals surface area contributed by atoms with Crippen LogP contribution in [0.4, 0.5) is 0 Å². The maximum atomic E-state index is 5.73. The lowest BCUT2D eigenvalue weighted by Crippen LogP contribution is -2.05. The monoisotopic (exact) mass is 1350 g/mol. The molecule has 0 saturated heterocycles. The van der Waals surface area contributed by atoms with E-state index in [-0.39, 0.29) is 0 Å². The van der Waals surface area contributed by atoms with Crippen molar-refractivity contribution < 1.29 is 4.74 Å². The first-order chi connectivity index (χ1) is 48.5. The smallest absolute Gasteiger partial charge is 0.0716 e. The highest BCUT2D eigenvalue weighted by Crippen LogP contribution is 2.31. The van der Waals surface area contributed by atoms with Crippen LogP contribution < -0.4 is 0 Å². The molecule has 99 heavy (non-hydrogen) atoms. The van der Waals surface area contributed by atoms with Gasteiger partial charge in [0.2, 0.25) is 0 Å². The van der Waals surface area contributed by atoms with Crippen molar-refractivity contribution in [3.63, 3.8) is 0 Å². The standard InChI is InChI=1S/C25H42.C25H36.C24H34O.C24H40/c2*1-22(2)25-20-18-24(19-21-25)17-11-8-6-4-3-5-7-10-14-23-15-12-9-13-16-23;1-21(2)24-17-15-22(16-18-24)12-8-5-3-4-6-11-19-25-20-23-13-9-7-10-14-23;1-21(2)24-19-17-23(18-20-24)14-10-8-6-4-3-5-7-9-13-22-15-11-12-16-22/h18-23H,3-17H2,1-2H3;9,12-13,15-16,18-22H,3-8,10-11,14,17H2,1-2H3;7,9-10,13-18,21H,3-6,8,11-12,19-20H2,1-2H3;17-22H,3-16H2,1-2H3. The Bertz CT molecular complexity index is 2590. The van der Waals surface area contributed by atoms with E-state index in [2.05, 4.69) is 207 Å². The maximum Gasteiger partial charge on any atom is 0.0716 e. The Morgan fingerprint density at radius 3 is 0.727 bits per heavy atom. The summed E-state index contributed by atoms with van der Waals surface area (Å²) in [4.78, 5) is 0.